The maximum atomic E-state index is 5.46. The highest BCUT2D eigenvalue weighted by molar-refractivity contribution is 4.94. The first-order valence-corrected chi connectivity index (χ1v) is 6.72. The van der Waals surface area contributed by atoms with Crippen LogP contribution in [0, 0.1) is 0 Å². The summed E-state index contributed by atoms with van der Waals surface area (Å²) < 4.78 is 6.90. The average Bonchev–Trinajstić information content (AvgIpc) is 3.04. The van der Waals surface area contributed by atoms with Crippen molar-refractivity contribution in [1.82, 2.24) is 25.1 Å². The maximum absolute atomic E-state index is 5.46. The maximum Gasteiger partial charge on any atom is 0.248 e. The van der Waals surface area contributed by atoms with Crippen LogP contribution in [0.25, 0.3) is 0 Å². The Morgan fingerprint density at radius 3 is 3.00 bits per heavy atom. The van der Waals surface area contributed by atoms with Crippen LogP contribution in [0.5, 0.6) is 0 Å². The predicted molar refractivity (Wildman–Crippen MR) is 69.4 cm³/mol. The van der Waals surface area contributed by atoms with Crippen LogP contribution in [0.4, 0.5) is 0 Å². The van der Waals surface area contributed by atoms with Crippen LogP contribution in [0.3, 0.4) is 0 Å². The van der Waals surface area contributed by atoms with Gasteiger partial charge in [0.05, 0.1) is 5.69 Å². The van der Waals surface area contributed by atoms with Gasteiger partial charge < -0.3 is 10.3 Å². The normalized spacial score (nSPS) is 11.1. The SMILES string of the molecule is CCCCc1noc(Cn2cc(CCCN)nn2)n1. The van der Waals surface area contributed by atoms with Gasteiger partial charge in [-0.05, 0) is 25.8 Å². The summed E-state index contributed by atoms with van der Waals surface area (Å²) in [6, 6.07) is 0. The molecule has 0 saturated carbocycles. The first kappa shape index (κ1) is 13.7. The fourth-order valence-corrected chi connectivity index (χ4v) is 1.74. The van der Waals surface area contributed by atoms with Crippen molar-refractivity contribution in [3.63, 3.8) is 0 Å². The van der Waals surface area contributed by atoms with Crippen LogP contribution >= 0.6 is 0 Å². The molecule has 2 aromatic heterocycles. The molecule has 2 aromatic rings. The molecule has 0 atom stereocenters. The van der Waals surface area contributed by atoms with Crippen molar-refractivity contribution < 1.29 is 4.52 Å². The molecule has 0 spiro atoms. The van der Waals surface area contributed by atoms with E-state index >= 15 is 0 Å². The average molecular weight is 264 g/mol. The van der Waals surface area contributed by atoms with Gasteiger partial charge in [-0.25, -0.2) is 4.68 Å². The number of rotatable bonds is 8. The van der Waals surface area contributed by atoms with Crippen molar-refractivity contribution in [1.29, 1.82) is 0 Å². The molecule has 0 amide bonds. The van der Waals surface area contributed by atoms with Gasteiger partial charge in [0.1, 0.15) is 6.54 Å². The van der Waals surface area contributed by atoms with E-state index in [0.717, 1.165) is 43.6 Å². The zero-order chi connectivity index (χ0) is 13.5. The van der Waals surface area contributed by atoms with Crippen molar-refractivity contribution in [2.75, 3.05) is 6.54 Å². The highest BCUT2D eigenvalue weighted by atomic mass is 16.5. The van der Waals surface area contributed by atoms with Gasteiger partial charge in [0.2, 0.25) is 5.89 Å². The van der Waals surface area contributed by atoms with E-state index in [1.807, 2.05) is 6.20 Å². The quantitative estimate of drug-likeness (QED) is 0.762. The van der Waals surface area contributed by atoms with E-state index in [1.165, 1.54) is 0 Å². The minimum atomic E-state index is 0.467. The Morgan fingerprint density at radius 2 is 2.21 bits per heavy atom. The fourth-order valence-electron chi connectivity index (χ4n) is 1.74. The molecule has 0 unspecified atom stereocenters. The Morgan fingerprint density at radius 1 is 1.32 bits per heavy atom. The second-order valence-corrected chi connectivity index (χ2v) is 4.51. The van der Waals surface area contributed by atoms with Gasteiger partial charge in [0.25, 0.3) is 0 Å². The lowest BCUT2D eigenvalue weighted by atomic mass is 10.2. The van der Waals surface area contributed by atoms with Crippen molar-refractivity contribution in [3.05, 3.63) is 23.6 Å². The van der Waals surface area contributed by atoms with Crippen LogP contribution in [-0.4, -0.2) is 31.7 Å². The lowest BCUT2D eigenvalue weighted by molar-refractivity contribution is 0.359. The third-order valence-electron chi connectivity index (χ3n) is 2.78. The number of nitrogens with zero attached hydrogens (tertiary/aromatic N) is 5. The molecule has 0 fully saturated rings. The van der Waals surface area contributed by atoms with E-state index in [-0.39, 0.29) is 0 Å². The van der Waals surface area contributed by atoms with Crippen LogP contribution in [-0.2, 0) is 19.4 Å². The number of aryl methyl sites for hydroxylation is 2. The molecule has 0 aromatic carbocycles. The topological polar surface area (TPSA) is 95.7 Å². The summed E-state index contributed by atoms with van der Waals surface area (Å²) in [5, 5.41) is 12.0. The molecular formula is C12H20N6O. The molecular weight excluding hydrogens is 244 g/mol. The number of unbranched alkanes of at least 4 members (excludes halogenated alkanes) is 1. The van der Waals surface area contributed by atoms with Crippen LogP contribution in [0.15, 0.2) is 10.7 Å². The lowest BCUT2D eigenvalue weighted by Crippen LogP contribution is -2.01. The largest absolute Gasteiger partial charge is 0.337 e. The molecule has 0 aliphatic carbocycles. The number of hydrogen-bond donors (Lipinski definition) is 1. The third-order valence-corrected chi connectivity index (χ3v) is 2.78. The molecule has 2 N–H and O–H groups in total. The molecule has 0 saturated heterocycles. The Balaban J connectivity index is 1.89. The molecule has 2 heterocycles. The van der Waals surface area contributed by atoms with Gasteiger partial charge >= 0.3 is 0 Å². The Hall–Kier alpha value is -1.76. The van der Waals surface area contributed by atoms with Crippen molar-refractivity contribution >= 4 is 0 Å². The van der Waals surface area contributed by atoms with Crippen molar-refractivity contribution in [3.8, 4) is 0 Å². The van der Waals surface area contributed by atoms with Gasteiger partial charge in [0.15, 0.2) is 5.82 Å². The van der Waals surface area contributed by atoms with Crippen LogP contribution < -0.4 is 5.73 Å². The Labute approximate surface area is 112 Å². The monoisotopic (exact) mass is 264 g/mol. The molecule has 0 aliphatic rings. The van der Waals surface area contributed by atoms with E-state index in [4.69, 9.17) is 10.3 Å². The zero-order valence-electron chi connectivity index (χ0n) is 11.2. The Kier molecular flexibility index (Phi) is 5.02. The highest BCUT2D eigenvalue weighted by Gasteiger charge is 2.08. The van der Waals surface area contributed by atoms with Crippen LogP contribution in [0.2, 0.25) is 0 Å². The third kappa shape index (κ3) is 4.13. The first-order chi connectivity index (χ1) is 9.31. The predicted octanol–water partition coefficient (Wildman–Crippen LogP) is 0.943. The standard InChI is InChI=1S/C12H20N6O/c1-2-3-6-11-14-12(19-16-11)9-18-8-10(15-17-18)5-4-7-13/h8H,2-7,9,13H2,1H3. The summed E-state index contributed by atoms with van der Waals surface area (Å²) >= 11 is 0. The minimum Gasteiger partial charge on any atom is -0.337 e. The zero-order valence-corrected chi connectivity index (χ0v) is 11.2. The number of hydrogen-bond acceptors (Lipinski definition) is 6. The van der Waals surface area contributed by atoms with E-state index in [0.29, 0.717) is 19.0 Å². The minimum absolute atomic E-state index is 0.467. The summed E-state index contributed by atoms with van der Waals surface area (Å²) in [6.45, 7) is 3.27. The molecule has 7 nitrogen and oxygen atoms in total. The summed E-state index contributed by atoms with van der Waals surface area (Å²) in [5.74, 6) is 1.33. The lowest BCUT2D eigenvalue weighted by Gasteiger charge is -1.93. The van der Waals surface area contributed by atoms with E-state index < -0.39 is 0 Å². The first-order valence-electron chi connectivity index (χ1n) is 6.72. The molecule has 7 heteroatoms. The van der Waals surface area contributed by atoms with E-state index in [9.17, 15) is 0 Å². The summed E-state index contributed by atoms with van der Waals surface area (Å²) in [4.78, 5) is 4.33. The van der Waals surface area contributed by atoms with Gasteiger partial charge in [0, 0.05) is 12.6 Å². The van der Waals surface area contributed by atoms with Crippen LogP contribution in [0.1, 0.15) is 43.6 Å². The van der Waals surface area contributed by atoms with Gasteiger partial charge in [-0.3, -0.25) is 0 Å². The summed E-state index contributed by atoms with van der Waals surface area (Å²) in [7, 11) is 0. The highest BCUT2D eigenvalue weighted by Crippen LogP contribution is 2.04. The second-order valence-electron chi connectivity index (χ2n) is 4.51. The van der Waals surface area contributed by atoms with Crippen molar-refractivity contribution in [2.45, 2.75) is 45.6 Å². The second kappa shape index (κ2) is 6.98. The molecule has 2 rings (SSSR count). The molecule has 0 radical (unpaired) electrons. The summed E-state index contributed by atoms with van der Waals surface area (Å²) in [5.41, 5.74) is 6.40. The molecule has 104 valence electrons. The van der Waals surface area contributed by atoms with Gasteiger partial charge in [-0.15, -0.1) is 5.10 Å². The number of nitrogens with two attached hydrogens (primary N) is 1. The number of aromatic nitrogens is 5. The van der Waals surface area contributed by atoms with E-state index in [1.54, 1.807) is 4.68 Å². The summed E-state index contributed by atoms with van der Waals surface area (Å²) in [6.07, 6.45) is 6.72. The van der Waals surface area contributed by atoms with Gasteiger partial charge in [-0.2, -0.15) is 4.98 Å². The smallest absolute Gasteiger partial charge is 0.248 e. The van der Waals surface area contributed by atoms with Gasteiger partial charge in [-0.1, -0.05) is 23.7 Å². The molecule has 0 bridgehead atoms. The molecule has 19 heavy (non-hydrogen) atoms. The molecule has 0 aliphatic heterocycles. The fraction of sp³-hybridized carbons (Fsp3) is 0.667. The Bertz CT molecular complexity index is 448. The van der Waals surface area contributed by atoms with Crippen molar-refractivity contribution in [2.24, 2.45) is 5.73 Å². The van der Waals surface area contributed by atoms with E-state index in [2.05, 4.69) is 27.4 Å².